The van der Waals surface area contributed by atoms with Crippen molar-refractivity contribution in [3.8, 4) is 11.1 Å². The molecule has 0 aliphatic carbocycles. The van der Waals surface area contributed by atoms with Crippen LogP contribution in [0.3, 0.4) is 0 Å². The molecule has 0 aliphatic heterocycles. The molecular weight excluding hydrogens is 388 g/mol. The molecule has 0 atom stereocenters. The molecule has 0 fully saturated rings. The number of benzene rings is 1. The monoisotopic (exact) mass is 408 g/mol. The Morgan fingerprint density at radius 1 is 1.14 bits per heavy atom. The Kier molecular flexibility index (Phi) is 4.84. The minimum atomic E-state index is -0.254. The summed E-state index contributed by atoms with van der Waals surface area (Å²) in [6, 6.07) is 7.63. The summed E-state index contributed by atoms with van der Waals surface area (Å²) in [5.74, 6) is 0.422. The SMILES string of the molecule is Cc1cc(-c2cnn(C)c2)ccc1Nc1ncc2cc(Cl)c(=O)n(C(C)C)c2n1. The number of hydrogen-bond acceptors (Lipinski definition) is 5. The first kappa shape index (κ1) is 19.1. The van der Waals surface area contributed by atoms with Gasteiger partial charge < -0.3 is 5.32 Å². The van der Waals surface area contributed by atoms with Crippen LogP contribution in [0.15, 0.2) is 47.7 Å². The summed E-state index contributed by atoms with van der Waals surface area (Å²) in [4.78, 5) is 21.4. The topological polar surface area (TPSA) is 77.6 Å². The van der Waals surface area contributed by atoms with Crippen molar-refractivity contribution in [1.82, 2.24) is 24.3 Å². The number of aryl methyl sites for hydroxylation is 2. The van der Waals surface area contributed by atoms with Crippen molar-refractivity contribution in [1.29, 1.82) is 0 Å². The van der Waals surface area contributed by atoms with E-state index in [1.54, 1.807) is 21.5 Å². The Labute approximate surface area is 173 Å². The van der Waals surface area contributed by atoms with E-state index in [9.17, 15) is 4.79 Å². The van der Waals surface area contributed by atoms with Gasteiger partial charge in [0.2, 0.25) is 5.95 Å². The zero-order chi connectivity index (χ0) is 20.7. The number of nitrogens with zero attached hydrogens (tertiary/aromatic N) is 5. The van der Waals surface area contributed by atoms with Crippen LogP contribution in [-0.2, 0) is 7.05 Å². The van der Waals surface area contributed by atoms with Crippen LogP contribution in [0.2, 0.25) is 5.02 Å². The lowest BCUT2D eigenvalue weighted by atomic mass is 10.1. The molecule has 0 amide bonds. The standard InChI is InChI=1S/C21H21ClN6O/c1-12(2)28-19-15(8-17(22)20(28)29)9-23-21(26-19)25-18-6-5-14(7-13(18)3)16-10-24-27(4)11-16/h5-12H,1-4H3,(H,23,25,26). The average Bonchev–Trinajstić information content (AvgIpc) is 3.10. The number of fused-ring (bicyclic) bond motifs is 1. The zero-order valence-electron chi connectivity index (χ0n) is 16.6. The lowest BCUT2D eigenvalue weighted by Gasteiger charge is -2.15. The van der Waals surface area contributed by atoms with Gasteiger partial charge in [0, 0.05) is 42.1 Å². The maximum atomic E-state index is 12.5. The summed E-state index contributed by atoms with van der Waals surface area (Å²) >= 11 is 6.08. The Bertz CT molecular complexity index is 1270. The normalized spacial score (nSPS) is 11.4. The average molecular weight is 409 g/mol. The smallest absolute Gasteiger partial charge is 0.271 e. The van der Waals surface area contributed by atoms with E-state index >= 15 is 0 Å². The number of rotatable bonds is 4. The molecule has 0 saturated heterocycles. The van der Waals surface area contributed by atoms with E-state index in [0.717, 1.165) is 27.8 Å². The molecular formula is C21H21ClN6O. The van der Waals surface area contributed by atoms with Gasteiger partial charge in [-0.3, -0.25) is 14.0 Å². The molecule has 0 unspecified atom stereocenters. The number of anilines is 2. The number of hydrogen-bond donors (Lipinski definition) is 1. The summed E-state index contributed by atoms with van der Waals surface area (Å²) < 4.78 is 3.36. The van der Waals surface area contributed by atoms with Crippen LogP contribution in [-0.4, -0.2) is 24.3 Å². The molecule has 0 radical (unpaired) electrons. The van der Waals surface area contributed by atoms with Gasteiger partial charge >= 0.3 is 0 Å². The Balaban J connectivity index is 1.72. The summed E-state index contributed by atoms with van der Waals surface area (Å²) in [6.45, 7) is 5.87. The molecule has 7 nitrogen and oxygen atoms in total. The third kappa shape index (κ3) is 3.61. The van der Waals surface area contributed by atoms with E-state index < -0.39 is 0 Å². The summed E-state index contributed by atoms with van der Waals surface area (Å²) in [6.07, 6.45) is 5.49. The fourth-order valence-corrected chi connectivity index (χ4v) is 3.51. The molecule has 0 aliphatic rings. The molecule has 29 heavy (non-hydrogen) atoms. The largest absolute Gasteiger partial charge is 0.324 e. The first-order valence-corrected chi connectivity index (χ1v) is 9.66. The fraction of sp³-hybridized carbons (Fsp3) is 0.238. The second-order valence-corrected chi connectivity index (χ2v) is 7.70. The van der Waals surface area contributed by atoms with Crippen molar-refractivity contribution in [2.75, 3.05) is 5.32 Å². The van der Waals surface area contributed by atoms with Gasteiger partial charge in [-0.25, -0.2) is 4.98 Å². The third-order valence-corrected chi connectivity index (χ3v) is 5.03. The van der Waals surface area contributed by atoms with Gasteiger partial charge in [-0.15, -0.1) is 0 Å². The highest BCUT2D eigenvalue weighted by atomic mass is 35.5. The minimum Gasteiger partial charge on any atom is -0.324 e. The number of nitrogens with one attached hydrogen (secondary N) is 1. The molecule has 0 saturated carbocycles. The van der Waals surface area contributed by atoms with Crippen LogP contribution >= 0.6 is 11.6 Å². The Morgan fingerprint density at radius 2 is 1.93 bits per heavy atom. The molecule has 8 heteroatoms. The highest BCUT2D eigenvalue weighted by molar-refractivity contribution is 6.31. The molecule has 3 aromatic heterocycles. The van der Waals surface area contributed by atoms with Crippen LogP contribution in [0.5, 0.6) is 0 Å². The third-order valence-electron chi connectivity index (χ3n) is 4.76. The van der Waals surface area contributed by atoms with Crippen LogP contribution in [0.1, 0.15) is 25.5 Å². The van der Waals surface area contributed by atoms with E-state index in [0.29, 0.717) is 11.6 Å². The zero-order valence-corrected chi connectivity index (χ0v) is 17.4. The fourth-order valence-electron chi connectivity index (χ4n) is 3.30. The molecule has 3 heterocycles. The van der Waals surface area contributed by atoms with Crippen molar-refractivity contribution < 1.29 is 0 Å². The summed E-state index contributed by atoms with van der Waals surface area (Å²) in [7, 11) is 1.90. The van der Waals surface area contributed by atoms with Crippen molar-refractivity contribution >= 4 is 34.3 Å². The van der Waals surface area contributed by atoms with Crippen LogP contribution in [0, 0.1) is 6.92 Å². The van der Waals surface area contributed by atoms with Crippen molar-refractivity contribution in [3.05, 3.63) is 63.8 Å². The highest BCUT2D eigenvalue weighted by Crippen LogP contribution is 2.26. The molecule has 0 bridgehead atoms. The number of halogens is 1. The predicted molar refractivity (Wildman–Crippen MR) is 116 cm³/mol. The van der Waals surface area contributed by atoms with E-state index in [4.69, 9.17) is 11.6 Å². The highest BCUT2D eigenvalue weighted by Gasteiger charge is 2.13. The molecule has 0 spiro atoms. The first-order valence-electron chi connectivity index (χ1n) is 9.28. The molecule has 1 aromatic carbocycles. The van der Waals surface area contributed by atoms with E-state index in [-0.39, 0.29) is 16.6 Å². The van der Waals surface area contributed by atoms with Crippen molar-refractivity contribution in [2.24, 2.45) is 7.05 Å². The van der Waals surface area contributed by atoms with Gasteiger partial charge in [-0.2, -0.15) is 10.1 Å². The Morgan fingerprint density at radius 3 is 2.59 bits per heavy atom. The maximum Gasteiger partial charge on any atom is 0.271 e. The molecule has 4 aromatic rings. The summed E-state index contributed by atoms with van der Waals surface area (Å²) in [5.41, 5.74) is 4.38. The first-order chi connectivity index (χ1) is 13.8. The second kappa shape index (κ2) is 7.33. The van der Waals surface area contributed by atoms with Crippen LogP contribution < -0.4 is 10.9 Å². The van der Waals surface area contributed by atoms with Gasteiger partial charge in [0.25, 0.3) is 5.56 Å². The molecule has 4 rings (SSSR count). The van der Waals surface area contributed by atoms with Gasteiger partial charge in [-0.05, 0) is 50.1 Å². The van der Waals surface area contributed by atoms with Gasteiger partial charge in [0.15, 0.2) is 0 Å². The van der Waals surface area contributed by atoms with Crippen molar-refractivity contribution in [3.63, 3.8) is 0 Å². The molecule has 1 N–H and O–H groups in total. The summed E-state index contributed by atoms with van der Waals surface area (Å²) in [5, 5.41) is 8.36. The van der Waals surface area contributed by atoms with E-state index in [1.165, 1.54) is 0 Å². The quantitative estimate of drug-likeness (QED) is 0.538. The van der Waals surface area contributed by atoms with Gasteiger partial charge in [0.1, 0.15) is 10.7 Å². The maximum absolute atomic E-state index is 12.5. The van der Waals surface area contributed by atoms with E-state index in [1.807, 2.05) is 52.3 Å². The van der Waals surface area contributed by atoms with Crippen molar-refractivity contribution in [2.45, 2.75) is 26.8 Å². The molecule has 148 valence electrons. The lowest BCUT2D eigenvalue weighted by molar-refractivity contribution is 0.595. The number of pyridine rings is 1. The predicted octanol–water partition coefficient (Wildman–Crippen LogP) is 4.48. The van der Waals surface area contributed by atoms with Gasteiger partial charge in [-0.1, -0.05) is 17.7 Å². The lowest BCUT2D eigenvalue weighted by Crippen LogP contribution is -2.23. The Hall–Kier alpha value is -3.19. The second-order valence-electron chi connectivity index (χ2n) is 7.29. The van der Waals surface area contributed by atoms with Crippen LogP contribution in [0.25, 0.3) is 22.2 Å². The van der Waals surface area contributed by atoms with Crippen LogP contribution in [0.4, 0.5) is 11.6 Å². The van der Waals surface area contributed by atoms with Gasteiger partial charge in [0.05, 0.1) is 6.20 Å². The minimum absolute atomic E-state index is 0.0769. The van der Waals surface area contributed by atoms with E-state index in [2.05, 4.69) is 26.4 Å². The number of aromatic nitrogens is 5.